The lowest BCUT2D eigenvalue weighted by molar-refractivity contribution is -0.118. The van der Waals surface area contributed by atoms with E-state index in [1.165, 1.54) is 44.9 Å². The Bertz CT molecular complexity index is 151. The summed E-state index contributed by atoms with van der Waals surface area (Å²) < 4.78 is 0. The molecule has 3 heteroatoms. The normalized spacial score (nSPS) is 10.5. The van der Waals surface area contributed by atoms with Crippen LogP contribution in [-0.4, -0.2) is 11.2 Å². The molecule has 0 fully saturated rings. The molecule has 0 aliphatic rings. The van der Waals surface area contributed by atoms with E-state index in [0.29, 0.717) is 6.42 Å². The molecule has 15 heavy (non-hydrogen) atoms. The van der Waals surface area contributed by atoms with Gasteiger partial charge < -0.3 is 5.73 Å². The number of rotatable bonds is 11. The monoisotopic (exact) mass is 277 g/mol. The minimum Gasteiger partial charge on any atom is -0.370 e. The number of hydrogen-bond acceptors (Lipinski definition) is 1. The van der Waals surface area contributed by atoms with Gasteiger partial charge in [-0.2, -0.15) is 0 Å². The van der Waals surface area contributed by atoms with Gasteiger partial charge in [-0.3, -0.25) is 4.79 Å². The minimum absolute atomic E-state index is 0.162. The standard InChI is InChI=1S/C12H24BrNO/c13-11-9-7-5-3-1-2-4-6-8-10-12(14)15/h1-11H2,(H2,14,15). The Morgan fingerprint density at radius 1 is 0.800 bits per heavy atom. The number of halogens is 1. The first kappa shape index (κ1) is 14.9. The number of alkyl halides is 1. The first-order valence-corrected chi connectivity index (χ1v) is 7.24. The molecule has 0 saturated heterocycles. The molecule has 2 nitrogen and oxygen atoms in total. The van der Waals surface area contributed by atoms with Gasteiger partial charge in [-0.1, -0.05) is 60.9 Å². The fraction of sp³-hybridized carbons (Fsp3) is 0.917. The van der Waals surface area contributed by atoms with Crippen molar-refractivity contribution in [3.05, 3.63) is 0 Å². The molecule has 90 valence electrons. The van der Waals surface area contributed by atoms with Crippen LogP contribution in [0.3, 0.4) is 0 Å². The molecular weight excluding hydrogens is 254 g/mol. The van der Waals surface area contributed by atoms with Gasteiger partial charge >= 0.3 is 0 Å². The van der Waals surface area contributed by atoms with Gasteiger partial charge in [0.05, 0.1) is 0 Å². The molecule has 0 radical (unpaired) electrons. The minimum atomic E-state index is -0.162. The van der Waals surface area contributed by atoms with E-state index in [1.54, 1.807) is 0 Å². The first-order valence-electron chi connectivity index (χ1n) is 6.11. The molecule has 0 unspecified atom stereocenters. The van der Waals surface area contributed by atoms with E-state index in [0.717, 1.165) is 18.2 Å². The fourth-order valence-corrected chi connectivity index (χ4v) is 2.03. The molecule has 2 N–H and O–H groups in total. The van der Waals surface area contributed by atoms with Crippen molar-refractivity contribution in [1.82, 2.24) is 0 Å². The summed E-state index contributed by atoms with van der Waals surface area (Å²) in [6, 6.07) is 0. The molecule has 0 bridgehead atoms. The van der Waals surface area contributed by atoms with E-state index in [2.05, 4.69) is 15.9 Å². The maximum absolute atomic E-state index is 10.5. The molecule has 0 spiro atoms. The SMILES string of the molecule is NC(=O)CCCCCCCCCCCBr. The van der Waals surface area contributed by atoms with Crippen LogP contribution in [0.1, 0.15) is 64.2 Å². The summed E-state index contributed by atoms with van der Waals surface area (Å²) in [5, 5.41) is 1.14. The Kier molecular flexibility index (Phi) is 12.0. The van der Waals surface area contributed by atoms with Gasteiger partial charge in [-0.05, 0) is 12.8 Å². The molecule has 1 amide bonds. The van der Waals surface area contributed by atoms with Gasteiger partial charge in [-0.25, -0.2) is 0 Å². The third-order valence-electron chi connectivity index (χ3n) is 2.56. The highest BCUT2D eigenvalue weighted by molar-refractivity contribution is 9.09. The van der Waals surface area contributed by atoms with Crippen LogP contribution in [0.25, 0.3) is 0 Å². The lowest BCUT2D eigenvalue weighted by Crippen LogP contribution is -2.09. The average Bonchev–Trinajstić information content (AvgIpc) is 2.20. The van der Waals surface area contributed by atoms with Gasteiger partial charge in [0.25, 0.3) is 0 Å². The highest BCUT2D eigenvalue weighted by Gasteiger charge is 1.95. The molecule has 0 atom stereocenters. The zero-order valence-electron chi connectivity index (χ0n) is 9.64. The number of hydrogen-bond donors (Lipinski definition) is 1. The summed E-state index contributed by atoms with van der Waals surface area (Å²) in [6.45, 7) is 0. The smallest absolute Gasteiger partial charge is 0.217 e. The number of carbonyl (C=O) groups is 1. The predicted octanol–water partition coefficient (Wildman–Crippen LogP) is 3.77. The third-order valence-corrected chi connectivity index (χ3v) is 3.12. The van der Waals surface area contributed by atoms with Crippen LogP contribution in [-0.2, 0) is 4.79 Å². The van der Waals surface area contributed by atoms with E-state index in [9.17, 15) is 4.79 Å². The largest absolute Gasteiger partial charge is 0.370 e. The topological polar surface area (TPSA) is 43.1 Å². The van der Waals surface area contributed by atoms with Gasteiger partial charge in [-0.15, -0.1) is 0 Å². The molecular formula is C12H24BrNO. The maximum atomic E-state index is 10.5. The van der Waals surface area contributed by atoms with Crippen molar-refractivity contribution in [1.29, 1.82) is 0 Å². The lowest BCUT2D eigenvalue weighted by Gasteiger charge is -2.01. The number of nitrogens with two attached hydrogens (primary N) is 1. The molecule has 0 rings (SSSR count). The molecule has 0 aliphatic carbocycles. The Hall–Kier alpha value is -0.0500. The summed E-state index contributed by atoms with van der Waals surface area (Å²) in [7, 11) is 0. The summed E-state index contributed by atoms with van der Waals surface area (Å²) in [5.41, 5.74) is 5.06. The van der Waals surface area contributed by atoms with Gasteiger partial charge in [0.2, 0.25) is 5.91 Å². The van der Waals surface area contributed by atoms with Crippen LogP contribution in [0.15, 0.2) is 0 Å². The predicted molar refractivity (Wildman–Crippen MR) is 69.2 cm³/mol. The molecule has 0 heterocycles. The Morgan fingerprint density at radius 2 is 1.20 bits per heavy atom. The second-order valence-electron chi connectivity index (χ2n) is 4.09. The van der Waals surface area contributed by atoms with Gasteiger partial charge in [0.15, 0.2) is 0 Å². The van der Waals surface area contributed by atoms with Crippen LogP contribution in [0, 0.1) is 0 Å². The number of carbonyl (C=O) groups excluding carboxylic acids is 1. The van der Waals surface area contributed by atoms with E-state index < -0.39 is 0 Å². The maximum Gasteiger partial charge on any atom is 0.217 e. The molecule has 0 aromatic rings. The van der Waals surface area contributed by atoms with Crippen molar-refractivity contribution in [3.63, 3.8) is 0 Å². The highest BCUT2D eigenvalue weighted by atomic mass is 79.9. The van der Waals surface area contributed by atoms with E-state index in [1.807, 2.05) is 0 Å². The first-order chi connectivity index (χ1) is 7.27. The van der Waals surface area contributed by atoms with Crippen molar-refractivity contribution in [2.45, 2.75) is 64.2 Å². The van der Waals surface area contributed by atoms with Gasteiger partial charge in [0.1, 0.15) is 0 Å². The van der Waals surface area contributed by atoms with Crippen molar-refractivity contribution in [3.8, 4) is 0 Å². The van der Waals surface area contributed by atoms with Crippen molar-refractivity contribution >= 4 is 21.8 Å². The Morgan fingerprint density at radius 3 is 1.60 bits per heavy atom. The number of primary amides is 1. The average molecular weight is 278 g/mol. The summed E-state index contributed by atoms with van der Waals surface area (Å²) >= 11 is 3.43. The zero-order chi connectivity index (χ0) is 11.4. The lowest BCUT2D eigenvalue weighted by atomic mass is 10.1. The van der Waals surface area contributed by atoms with Crippen LogP contribution in [0.5, 0.6) is 0 Å². The van der Waals surface area contributed by atoms with Crippen molar-refractivity contribution in [2.24, 2.45) is 5.73 Å². The van der Waals surface area contributed by atoms with Gasteiger partial charge in [0, 0.05) is 11.8 Å². The Balaban J connectivity index is 2.89. The second-order valence-corrected chi connectivity index (χ2v) is 4.88. The van der Waals surface area contributed by atoms with E-state index in [4.69, 9.17) is 5.73 Å². The molecule has 0 aliphatic heterocycles. The summed E-state index contributed by atoms with van der Waals surface area (Å²) in [4.78, 5) is 10.5. The quantitative estimate of drug-likeness (QED) is 0.453. The number of unbranched alkanes of at least 4 members (excludes halogenated alkanes) is 8. The van der Waals surface area contributed by atoms with Crippen LogP contribution in [0.2, 0.25) is 0 Å². The van der Waals surface area contributed by atoms with Crippen LogP contribution >= 0.6 is 15.9 Å². The van der Waals surface area contributed by atoms with Crippen molar-refractivity contribution in [2.75, 3.05) is 5.33 Å². The zero-order valence-corrected chi connectivity index (χ0v) is 11.2. The van der Waals surface area contributed by atoms with Crippen LogP contribution < -0.4 is 5.73 Å². The third kappa shape index (κ3) is 14.0. The van der Waals surface area contributed by atoms with Crippen molar-refractivity contribution < 1.29 is 4.79 Å². The molecule has 0 saturated carbocycles. The summed E-state index contributed by atoms with van der Waals surface area (Å²) in [6.07, 6.45) is 12.0. The second kappa shape index (κ2) is 12.0. The summed E-state index contributed by atoms with van der Waals surface area (Å²) in [5.74, 6) is -0.162. The highest BCUT2D eigenvalue weighted by Crippen LogP contribution is 2.10. The molecule has 0 aromatic heterocycles. The Labute approximate surface area is 102 Å². The van der Waals surface area contributed by atoms with Crippen LogP contribution in [0.4, 0.5) is 0 Å². The molecule has 0 aromatic carbocycles. The number of amides is 1. The van der Waals surface area contributed by atoms with E-state index >= 15 is 0 Å². The van der Waals surface area contributed by atoms with E-state index in [-0.39, 0.29) is 5.91 Å². The fourth-order valence-electron chi connectivity index (χ4n) is 1.63.